The number of hydrogen-bond donors (Lipinski definition) is 2. The Hall–Kier alpha value is -1.97. The van der Waals surface area contributed by atoms with Crippen molar-refractivity contribution in [2.24, 2.45) is 0 Å². The highest BCUT2D eigenvalue weighted by Crippen LogP contribution is 2.30. The first kappa shape index (κ1) is 19.4. The third-order valence-corrected chi connectivity index (χ3v) is 4.36. The number of allylic oxidation sites excluding steroid dienone is 2. The Morgan fingerprint density at radius 2 is 1.88 bits per heavy atom. The lowest BCUT2D eigenvalue weighted by Gasteiger charge is -2.14. The number of halogens is 3. The van der Waals surface area contributed by atoms with Gasteiger partial charge in [0, 0.05) is 18.3 Å². The van der Waals surface area contributed by atoms with E-state index in [0.29, 0.717) is 21.8 Å². The molecule has 25 heavy (non-hydrogen) atoms. The van der Waals surface area contributed by atoms with Gasteiger partial charge in [-0.1, -0.05) is 27.4 Å². The molecule has 132 valence electrons. The Balaban J connectivity index is 2.54. The van der Waals surface area contributed by atoms with E-state index in [1.54, 1.807) is 19.2 Å². The van der Waals surface area contributed by atoms with Gasteiger partial charge in [0.2, 0.25) is 0 Å². The zero-order valence-corrected chi connectivity index (χ0v) is 16.1. The van der Waals surface area contributed by atoms with Gasteiger partial charge in [-0.25, -0.2) is 13.8 Å². The van der Waals surface area contributed by atoms with Crippen LogP contribution in [-0.2, 0) is 0 Å². The summed E-state index contributed by atoms with van der Waals surface area (Å²) < 4.78 is 28.8. The molecule has 0 spiro atoms. The lowest BCUT2D eigenvalue weighted by molar-refractivity contribution is 0.592. The highest BCUT2D eigenvalue weighted by molar-refractivity contribution is 7.27. The van der Waals surface area contributed by atoms with Crippen LogP contribution in [0.25, 0.3) is 16.7 Å². The van der Waals surface area contributed by atoms with Gasteiger partial charge in [0.25, 0.3) is 0 Å². The molecule has 0 bridgehead atoms. The topological polar surface area (TPSA) is 37.0 Å². The molecule has 1 aromatic carbocycles. The number of rotatable bonds is 5. The van der Waals surface area contributed by atoms with Crippen molar-refractivity contribution in [3.8, 4) is 11.1 Å². The van der Waals surface area contributed by atoms with Gasteiger partial charge in [0.15, 0.2) is 5.82 Å². The minimum atomic E-state index is -0.649. The quantitative estimate of drug-likeness (QED) is 0.586. The predicted octanol–water partition coefficient (Wildman–Crippen LogP) is 4.62. The Labute approximate surface area is 153 Å². The summed E-state index contributed by atoms with van der Waals surface area (Å²) in [5, 5.41) is 5.92. The summed E-state index contributed by atoms with van der Waals surface area (Å²) in [6.45, 7) is 7.30. The van der Waals surface area contributed by atoms with Crippen LogP contribution in [0.5, 0.6) is 0 Å². The average Bonchev–Trinajstić information content (AvgIpc) is 2.55. The molecule has 7 heteroatoms. The van der Waals surface area contributed by atoms with E-state index in [1.165, 1.54) is 12.1 Å². The molecular formula is C18H19ClF2N3P. The summed E-state index contributed by atoms with van der Waals surface area (Å²) in [6.07, 6.45) is 0. The SMILES string of the molecule is C=C(Cl)N/C(C)=C(\C)c1ccc(-c2c(F)ccc(NC)c2F)c(P)n1. The van der Waals surface area contributed by atoms with Crippen LogP contribution in [0.3, 0.4) is 0 Å². The number of aromatic nitrogens is 1. The summed E-state index contributed by atoms with van der Waals surface area (Å²) in [5.74, 6) is -1.29. The Morgan fingerprint density at radius 3 is 2.44 bits per heavy atom. The monoisotopic (exact) mass is 381 g/mol. The fourth-order valence-electron chi connectivity index (χ4n) is 2.38. The first-order valence-electron chi connectivity index (χ1n) is 7.48. The molecule has 2 N–H and O–H groups in total. The molecule has 2 rings (SSSR count). The first-order chi connectivity index (χ1) is 11.8. The molecule has 0 amide bonds. The molecule has 0 radical (unpaired) electrons. The largest absolute Gasteiger partial charge is 0.386 e. The van der Waals surface area contributed by atoms with E-state index < -0.39 is 11.6 Å². The van der Waals surface area contributed by atoms with Crippen LogP contribution in [0.4, 0.5) is 14.5 Å². The Morgan fingerprint density at radius 1 is 1.20 bits per heavy atom. The maximum atomic E-state index is 14.5. The van der Waals surface area contributed by atoms with E-state index in [9.17, 15) is 8.78 Å². The standard InChI is InChI=1S/C18H19ClF2N3P/c1-9(10(2)23-11(3)19)14-7-5-12(18(25)24-14)16-13(20)6-8-15(22-4)17(16)21/h5-8,22-23H,3,25H2,1-2,4H3/b10-9+. The Bertz CT molecular complexity index is 866. The van der Waals surface area contributed by atoms with E-state index in [2.05, 4.69) is 31.4 Å². The number of benzene rings is 1. The molecule has 2 aromatic rings. The molecule has 1 unspecified atom stereocenters. The van der Waals surface area contributed by atoms with Crippen LogP contribution in [0.15, 0.2) is 41.7 Å². The number of pyridine rings is 1. The highest BCUT2D eigenvalue weighted by atomic mass is 35.5. The average molecular weight is 382 g/mol. The lowest BCUT2D eigenvalue weighted by atomic mass is 10.0. The predicted molar refractivity (Wildman–Crippen MR) is 105 cm³/mol. The maximum Gasteiger partial charge on any atom is 0.157 e. The first-order valence-corrected chi connectivity index (χ1v) is 8.43. The van der Waals surface area contributed by atoms with Crippen LogP contribution in [-0.4, -0.2) is 12.0 Å². The van der Waals surface area contributed by atoms with E-state index in [4.69, 9.17) is 11.6 Å². The summed E-state index contributed by atoms with van der Waals surface area (Å²) in [6, 6.07) is 5.95. The van der Waals surface area contributed by atoms with Crippen molar-refractivity contribution < 1.29 is 8.78 Å². The fourth-order valence-corrected chi connectivity index (χ4v) is 2.90. The molecule has 1 atom stereocenters. The van der Waals surface area contributed by atoms with Crippen molar-refractivity contribution >= 4 is 37.5 Å². The van der Waals surface area contributed by atoms with Gasteiger partial charge >= 0.3 is 0 Å². The van der Waals surface area contributed by atoms with Crippen LogP contribution in [0.1, 0.15) is 19.5 Å². The maximum absolute atomic E-state index is 14.5. The van der Waals surface area contributed by atoms with Crippen LogP contribution >= 0.6 is 20.8 Å². The van der Waals surface area contributed by atoms with Gasteiger partial charge in [-0.3, -0.25) is 0 Å². The van der Waals surface area contributed by atoms with Gasteiger partial charge in [-0.2, -0.15) is 0 Å². The van der Waals surface area contributed by atoms with E-state index in [1.807, 2.05) is 13.8 Å². The minimum Gasteiger partial charge on any atom is -0.386 e. The number of nitrogens with zero attached hydrogens (tertiary/aromatic N) is 1. The number of anilines is 1. The van der Waals surface area contributed by atoms with Gasteiger partial charge in [0.1, 0.15) is 5.82 Å². The normalized spacial score (nSPS) is 11.8. The molecule has 0 fully saturated rings. The molecule has 1 heterocycles. The second-order valence-electron chi connectivity index (χ2n) is 5.44. The third-order valence-electron chi connectivity index (χ3n) is 3.82. The van der Waals surface area contributed by atoms with Gasteiger partial charge in [-0.15, -0.1) is 0 Å². The summed E-state index contributed by atoms with van der Waals surface area (Å²) in [4.78, 5) is 4.45. The second-order valence-corrected chi connectivity index (χ2v) is 6.45. The highest BCUT2D eigenvalue weighted by Gasteiger charge is 2.18. The van der Waals surface area contributed by atoms with Crippen molar-refractivity contribution in [1.29, 1.82) is 0 Å². The minimum absolute atomic E-state index is 0.110. The smallest absolute Gasteiger partial charge is 0.157 e. The molecule has 0 aliphatic heterocycles. The van der Waals surface area contributed by atoms with Crippen LogP contribution in [0.2, 0.25) is 0 Å². The zero-order valence-electron chi connectivity index (χ0n) is 14.2. The summed E-state index contributed by atoms with van der Waals surface area (Å²) in [5.41, 5.74) is 3.24. The molecule has 0 aliphatic rings. The zero-order chi connectivity index (χ0) is 18.7. The number of nitrogens with one attached hydrogen (secondary N) is 2. The van der Waals surface area contributed by atoms with E-state index in [-0.39, 0.29) is 11.3 Å². The molecule has 0 saturated carbocycles. The molecule has 0 saturated heterocycles. The molecule has 1 aromatic heterocycles. The van der Waals surface area contributed by atoms with Crippen LogP contribution in [0, 0.1) is 11.6 Å². The van der Waals surface area contributed by atoms with Crippen molar-refractivity contribution in [3.05, 3.63) is 59.0 Å². The Kier molecular flexibility index (Phi) is 6.15. The molecular weight excluding hydrogens is 363 g/mol. The molecule has 3 nitrogen and oxygen atoms in total. The van der Waals surface area contributed by atoms with Crippen molar-refractivity contribution in [2.45, 2.75) is 13.8 Å². The number of hydrogen-bond acceptors (Lipinski definition) is 3. The van der Waals surface area contributed by atoms with E-state index in [0.717, 1.165) is 11.3 Å². The second kappa shape index (κ2) is 7.94. The van der Waals surface area contributed by atoms with Crippen molar-refractivity contribution in [1.82, 2.24) is 10.3 Å². The lowest BCUT2D eigenvalue weighted by Crippen LogP contribution is -2.11. The third kappa shape index (κ3) is 4.17. The molecule has 0 aliphatic carbocycles. The van der Waals surface area contributed by atoms with Crippen molar-refractivity contribution in [2.75, 3.05) is 12.4 Å². The van der Waals surface area contributed by atoms with E-state index >= 15 is 0 Å². The summed E-state index contributed by atoms with van der Waals surface area (Å²) in [7, 11) is 4.01. The van der Waals surface area contributed by atoms with Gasteiger partial charge in [0.05, 0.1) is 27.5 Å². The van der Waals surface area contributed by atoms with Gasteiger partial charge in [-0.05, 0) is 43.7 Å². The van der Waals surface area contributed by atoms with Gasteiger partial charge < -0.3 is 10.6 Å². The fraction of sp³-hybridized carbons (Fsp3) is 0.167. The van der Waals surface area contributed by atoms with Crippen LogP contribution < -0.4 is 16.1 Å². The summed E-state index contributed by atoms with van der Waals surface area (Å²) >= 11 is 5.75. The van der Waals surface area contributed by atoms with Crippen molar-refractivity contribution in [3.63, 3.8) is 0 Å².